The Morgan fingerprint density at radius 3 is 2.05 bits per heavy atom. The van der Waals surface area contributed by atoms with Crippen molar-refractivity contribution in [1.82, 2.24) is 10.2 Å². The fraction of sp³-hybridized carbons (Fsp3) is 0.500. The molecule has 0 atom stereocenters. The van der Waals surface area contributed by atoms with Crippen LogP contribution in [0.15, 0.2) is 24.3 Å². The molecule has 1 aliphatic rings. The SMILES string of the molecule is CNCC(=O)Nc1ccc(NC(=O)N2CCCCCC2)cc1. The van der Waals surface area contributed by atoms with Crippen LogP contribution in [0.4, 0.5) is 16.2 Å². The van der Waals surface area contributed by atoms with Gasteiger partial charge in [0, 0.05) is 24.5 Å². The number of amides is 3. The Morgan fingerprint density at radius 2 is 1.50 bits per heavy atom. The molecule has 1 aliphatic heterocycles. The summed E-state index contributed by atoms with van der Waals surface area (Å²) in [7, 11) is 1.72. The Labute approximate surface area is 131 Å². The molecule has 6 nitrogen and oxygen atoms in total. The van der Waals surface area contributed by atoms with Crippen LogP contribution in [0.25, 0.3) is 0 Å². The Morgan fingerprint density at radius 1 is 0.955 bits per heavy atom. The number of hydrogen-bond acceptors (Lipinski definition) is 3. The van der Waals surface area contributed by atoms with E-state index in [-0.39, 0.29) is 18.5 Å². The molecule has 0 unspecified atom stereocenters. The topological polar surface area (TPSA) is 73.5 Å². The van der Waals surface area contributed by atoms with Gasteiger partial charge in [-0.15, -0.1) is 0 Å². The lowest BCUT2D eigenvalue weighted by Gasteiger charge is -2.20. The van der Waals surface area contributed by atoms with Crippen LogP contribution >= 0.6 is 0 Å². The van der Waals surface area contributed by atoms with Crippen LogP contribution in [-0.2, 0) is 4.79 Å². The van der Waals surface area contributed by atoms with Crippen LogP contribution in [0.2, 0.25) is 0 Å². The smallest absolute Gasteiger partial charge is 0.321 e. The largest absolute Gasteiger partial charge is 0.325 e. The maximum atomic E-state index is 12.2. The van der Waals surface area contributed by atoms with Gasteiger partial charge in [0.25, 0.3) is 0 Å². The fourth-order valence-corrected chi connectivity index (χ4v) is 2.48. The summed E-state index contributed by atoms with van der Waals surface area (Å²) in [6.45, 7) is 1.92. The molecule has 0 aliphatic carbocycles. The molecule has 1 fully saturated rings. The number of anilines is 2. The van der Waals surface area contributed by atoms with E-state index in [4.69, 9.17) is 0 Å². The Kier molecular flexibility index (Phi) is 6.21. The summed E-state index contributed by atoms with van der Waals surface area (Å²) in [6.07, 6.45) is 4.54. The Hall–Kier alpha value is -2.08. The van der Waals surface area contributed by atoms with E-state index >= 15 is 0 Å². The molecule has 0 saturated carbocycles. The monoisotopic (exact) mass is 304 g/mol. The van der Waals surface area contributed by atoms with Gasteiger partial charge in [0.05, 0.1) is 6.54 Å². The number of hydrogen-bond donors (Lipinski definition) is 3. The molecule has 22 heavy (non-hydrogen) atoms. The quantitative estimate of drug-likeness (QED) is 0.799. The van der Waals surface area contributed by atoms with Gasteiger partial charge in [0.1, 0.15) is 0 Å². The number of benzene rings is 1. The lowest BCUT2D eigenvalue weighted by Crippen LogP contribution is -2.35. The molecule has 0 radical (unpaired) electrons. The molecule has 0 spiro atoms. The number of urea groups is 1. The molecular weight excluding hydrogens is 280 g/mol. The van der Waals surface area contributed by atoms with Crippen LogP contribution in [0.1, 0.15) is 25.7 Å². The third kappa shape index (κ3) is 5.04. The van der Waals surface area contributed by atoms with Crippen LogP contribution in [0.5, 0.6) is 0 Å². The third-order valence-corrected chi connectivity index (χ3v) is 3.65. The first kappa shape index (κ1) is 16.3. The predicted molar refractivity (Wildman–Crippen MR) is 88.1 cm³/mol. The van der Waals surface area contributed by atoms with E-state index in [1.807, 2.05) is 4.90 Å². The van der Waals surface area contributed by atoms with Gasteiger partial charge in [-0.1, -0.05) is 12.8 Å². The van der Waals surface area contributed by atoms with Gasteiger partial charge in [-0.2, -0.15) is 0 Å². The summed E-state index contributed by atoms with van der Waals surface area (Å²) in [6, 6.07) is 7.11. The van der Waals surface area contributed by atoms with Crippen molar-refractivity contribution in [2.75, 3.05) is 37.3 Å². The van der Waals surface area contributed by atoms with Gasteiger partial charge in [0.15, 0.2) is 0 Å². The van der Waals surface area contributed by atoms with Crippen molar-refractivity contribution >= 4 is 23.3 Å². The van der Waals surface area contributed by atoms with Crippen molar-refractivity contribution < 1.29 is 9.59 Å². The highest BCUT2D eigenvalue weighted by Gasteiger charge is 2.15. The molecule has 1 aromatic carbocycles. The van der Waals surface area contributed by atoms with E-state index < -0.39 is 0 Å². The number of likely N-dealkylation sites (N-methyl/N-ethyl adjacent to an activating group) is 1. The number of carbonyl (C=O) groups is 2. The molecule has 120 valence electrons. The second-order valence-electron chi connectivity index (χ2n) is 5.49. The number of rotatable bonds is 4. The maximum Gasteiger partial charge on any atom is 0.321 e. The molecular formula is C16H24N4O2. The van der Waals surface area contributed by atoms with Crippen LogP contribution in [0, 0.1) is 0 Å². The molecule has 1 saturated heterocycles. The van der Waals surface area contributed by atoms with E-state index in [0.717, 1.165) is 31.6 Å². The van der Waals surface area contributed by atoms with Crippen molar-refractivity contribution in [2.45, 2.75) is 25.7 Å². The van der Waals surface area contributed by atoms with E-state index in [9.17, 15) is 9.59 Å². The molecule has 3 amide bonds. The van der Waals surface area contributed by atoms with Crippen LogP contribution in [0.3, 0.4) is 0 Å². The summed E-state index contributed by atoms with van der Waals surface area (Å²) in [5.41, 5.74) is 1.45. The van der Waals surface area contributed by atoms with Crippen molar-refractivity contribution in [1.29, 1.82) is 0 Å². The highest BCUT2D eigenvalue weighted by molar-refractivity contribution is 5.93. The zero-order valence-electron chi connectivity index (χ0n) is 13.0. The minimum absolute atomic E-state index is 0.0473. The molecule has 3 N–H and O–H groups in total. The van der Waals surface area contributed by atoms with E-state index in [2.05, 4.69) is 16.0 Å². The van der Waals surface area contributed by atoms with Gasteiger partial charge in [-0.05, 0) is 44.2 Å². The predicted octanol–water partition coefficient (Wildman–Crippen LogP) is 2.25. The number of likely N-dealkylation sites (tertiary alicyclic amines) is 1. The standard InChI is InChI=1S/C16H24N4O2/c1-17-12-15(21)18-13-6-8-14(9-7-13)19-16(22)20-10-4-2-3-5-11-20/h6-9,17H,2-5,10-12H2,1H3,(H,18,21)(H,19,22). The summed E-state index contributed by atoms with van der Waals surface area (Å²) in [5, 5.41) is 8.47. The fourth-order valence-electron chi connectivity index (χ4n) is 2.48. The van der Waals surface area contributed by atoms with Crippen molar-refractivity contribution in [2.24, 2.45) is 0 Å². The lowest BCUT2D eigenvalue weighted by atomic mass is 10.2. The number of nitrogens with one attached hydrogen (secondary N) is 3. The van der Waals surface area contributed by atoms with Crippen molar-refractivity contribution in [3.05, 3.63) is 24.3 Å². The van der Waals surface area contributed by atoms with E-state index in [1.54, 1.807) is 31.3 Å². The van der Waals surface area contributed by atoms with Gasteiger partial charge in [0.2, 0.25) is 5.91 Å². The Bertz CT molecular complexity index is 493. The van der Waals surface area contributed by atoms with Crippen LogP contribution in [-0.4, -0.2) is 43.5 Å². The number of carbonyl (C=O) groups excluding carboxylic acids is 2. The minimum atomic E-state index is -0.0937. The Balaban J connectivity index is 1.87. The molecule has 1 aromatic rings. The van der Waals surface area contributed by atoms with Gasteiger partial charge < -0.3 is 20.9 Å². The number of nitrogens with zero attached hydrogens (tertiary/aromatic N) is 1. The molecule has 0 bridgehead atoms. The lowest BCUT2D eigenvalue weighted by molar-refractivity contribution is -0.115. The summed E-state index contributed by atoms with van der Waals surface area (Å²) in [5.74, 6) is -0.0937. The third-order valence-electron chi connectivity index (χ3n) is 3.65. The minimum Gasteiger partial charge on any atom is -0.325 e. The first-order valence-electron chi connectivity index (χ1n) is 7.79. The normalized spacial score (nSPS) is 15.0. The summed E-state index contributed by atoms with van der Waals surface area (Å²) >= 11 is 0. The molecule has 2 rings (SSSR count). The molecule has 6 heteroatoms. The van der Waals surface area contributed by atoms with E-state index in [0.29, 0.717) is 5.69 Å². The average Bonchev–Trinajstić information content (AvgIpc) is 2.78. The first-order valence-corrected chi connectivity index (χ1v) is 7.79. The first-order chi connectivity index (χ1) is 10.7. The molecule has 0 aromatic heterocycles. The zero-order chi connectivity index (χ0) is 15.8. The highest BCUT2D eigenvalue weighted by Crippen LogP contribution is 2.15. The van der Waals surface area contributed by atoms with Gasteiger partial charge in [-0.25, -0.2) is 4.79 Å². The maximum absolute atomic E-state index is 12.2. The molecule has 1 heterocycles. The van der Waals surface area contributed by atoms with Crippen LogP contribution < -0.4 is 16.0 Å². The summed E-state index contributed by atoms with van der Waals surface area (Å²) in [4.78, 5) is 25.5. The van der Waals surface area contributed by atoms with Crippen molar-refractivity contribution in [3.63, 3.8) is 0 Å². The van der Waals surface area contributed by atoms with E-state index in [1.165, 1.54) is 12.8 Å². The second kappa shape index (κ2) is 8.38. The summed E-state index contributed by atoms with van der Waals surface area (Å²) < 4.78 is 0. The second-order valence-corrected chi connectivity index (χ2v) is 5.49. The highest BCUT2D eigenvalue weighted by atomic mass is 16.2. The van der Waals surface area contributed by atoms with Crippen molar-refractivity contribution in [3.8, 4) is 0 Å². The zero-order valence-corrected chi connectivity index (χ0v) is 13.0. The average molecular weight is 304 g/mol. The van der Waals surface area contributed by atoms with Gasteiger partial charge >= 0.3 is 6.03 Å². The van der Waals surface area contributed by atoms with Gasteiger partial charge in [-0.3, -0.25) is 4.79 Å².